The van der Waals surface area contributed by atoms with Crippen molar-refractivity contribution in [1.29, 1.82) is 0 Å². The summed E-state index contributed by atoms with van der Waals surface area (Å²) in [5.41, 5.74) is 6.88. The van der Waals surface area contributed by atoms with E-state index in [0.29, 0.717) is 16.0 Å². The number of hydrogen-bond donors (Lipinski definition) is 1. The third-order valence-electron chi connectivity index (χ3n) is 1.74. The van der Waals surface area contributed by atoms with E-state index in [0.717, 1.165) is 5.56 Å². The highest BCUT2D eigenvalue weighted by atomic mass is 35.5. The summed E-state index contributed by atoms with van der Waals surface area (Å²) >= 11 is 11.4. The summed E-state index contributed by atoms with van der Waals surface area (Å²) in [7, 11) is 0. The van der Waals surface area contributed by atoms with E-state index in [9.17, 15) is 0 Å². The van der Waals surface area contributed by atoms with Crippen LogP contribution in [0.2, 0.25) is 10.3 Å². The molecule has 0 bridgehead atoms. The maximum Gasteiger partial charge on any atom is 0.221 e. The Hall–Kier alpha value is -1.39. The van der Waals surface area contributed by atoms with Crippen molar-refractivity contribution in [2.45, 2.75) is 0 Å². The third kappa shape index (κ3) is 2.34. The van der Waals surface area contributed by atoms with Gasteiger partial charge in [0.25, 0.3) is 0 Å². The predicted octanol–water partition coefficient (Wildman–Crippen LogP) is 2.43. The van der Waals surface area contributed by atoms with Crippen molar-refractivity contribution in [2.75, 3.05) is 5.73 Å². The highest BCUT2D eigenvalue weighted by Gasteiger charge is 2.03. The lowest BCUT2D eigenvalue weighted by molar-refractivity contribution is 1.18. The first-order valence-corrected chi connectivity index (χ1v) is 4.83. The summed E-state index contributed by atoms with van der Waals surface area (Å²) in [5, 5.41) is 0.722. The minimum atomic E-state index is 0.132. The molecule has 0 saturated heterocycles. The molecular formula is C9H6Cl2N4. The normalized spacial score (nSPS) is 10.3. The Morgan fingerprint density at radius 1 is 1.07 bits per heavy atom. The van der Waals surface area contributed by atoms with Gasteiger partial charge in [0.1, 0.15) is 10.3 Å². The van der Waals surface area contributed by atoms with E-state index in [1.54, 1.807) is 24.4 Å². The van der Waals surface area contributed by atoms with Crippen molar-refractivity contribution < 1.29 is 0 Å². The van der Waals surface area contributed by atoms with E-state index in [2.05, 4.69) is 15.0 Å². The molecule has 0 aromatic carbocycles. The first-order valence-electron chi connectivity index (χ1n) is 4.07. The minimum Gasteiger partial charge on any atom is -0.368 e. The van der Waals surface area contributed by atoms with Gasteiger partial charge in [-0.3, -0.25) is 0 Å². The summed E-state index contributed by atoms with van der Waals surface area (Å²) < 4.78 is 0. The van der Waals surface area contributed by atoms with Crippen molar-refractivity contribution >= 4 is 29.2 Å². The van der Waals surface area contributed by atoms with E-state index in [1.165, 1.54) is 0 Å². The van der Waals surface area contributed by atoms with Gasteiger partial charge in [-0.25, -0.2) is 15.0 Å². The molecule has 0 aliphatic carbocycles. The van der Waals surface area contributed by atoms with Crippen LogP contribution >= 0.6 is 23.2 Å². The lowest BCUT2D eigenvalue weighted by Crippen LogP contribution is -1.96. The second kappa shape index (κ2) is 4.00. The predicted molar refractivity (Wildman–Crippen MR) is 59.7 cm³/mol. The second-order valence-electron chi connectivity index (χ2n) is 2.80. The molecule has 2 heterocycles. The van der Waals surface area contributed by atoms with Gasteiger partial charge in [0, 0.05) is 17.8 Å². The number of nitrogens with zero attached hydrogens (tertiary/aromatic N) is 3. The molecule has 6 heteroatoms. The Kier molecular flexibility index (Phi) is 2.70. The van der Waals surface area contributed by atoms with Crippen molar-refractivity contribution in [3.05, 3.63) is 34.7 Å². The van der Waals surface area contributed by atoms with Crippen LogP contribution in [-0.2, 0) is 0 Å². The van der Waals surface area contributed by atoms with Crippen LogP contribution in [0.4, 0.5) is 5.95 Å². The van der Waals surface area contributed by atoms with Gasteiger partial charge in [0.05, 0.1) is 5.69 Å². The molecule has 2 aromatic heterocycles. The van der Waals surface area contributed by atoms with Crippen molar-refractivity contribution in [3.63, 3.8) is 0 Å². The van der Waals surface area contributed by atoms with Gasteiger partial charge >= 0.3 is 0 Å². The summed E-state index contributed by atoms with van der Waals surface area (Å²) in [4.78, 5) is 11.7. The van der Waals surface area contributed by atoms with Crippen LogP contribution in [0.1, 0.15) is 0 Å². The Bertz CT molecular complexity index is 464. The highest BCUT2D eigenvalue weighted by Crippen LogP contribution is 2.20. The van der Waals surface area contributed by atoms with Crippen LogP contribution in [0.25, 0.3) is 11.3 Å². The molecule has 2 N–H and O–H groups in total. The number of nitrogen functional groups attached to an aromatic ring is 1. The Balaban J connectivity index is 2.49. The summed E-state index contributed by atoms with van der Waals surface area (Å²) in [6, 6.07) is 5.07. The molecule has 2 aromatic rings. The number of nitrogens with two attached hydrogens (primary N) is 1. The van der Waals surface area contributed by atoms with Gasteiger partial charge in [0.2, 0.25) is 5.95 Å². The monoisotopic (exact) mass is 240 g/mol. The summed E-state index contributed by atoms with van der Waals surface area (Å²) in [6.45, 7) is 0. The highest BCUT2D eigenvalue weighted by molar-refractivity contribution is 6.30. The molecule has 0 aliphatic heterocycles. The molecule has 76 valence electrons. The first kappa shape index (κ1) is 10.1. The zero-order chi connectivity index (χ0) is 10.8. The van der Waals surface area contributed by atoms with Crippen molar-refractivity contribution in [3.8, 4) is 11.3 Å². The fourth-order valence-electron chi connectivity index (χ4n) is 1.11. The Labute approximate surface area is 96.1 Å². The number of anilines is 1. The molecule has 0 fully saturated rings. The average Bonchev–Trinajstić information content (AvgIpc) is 2.17. The van der Waals surface area contributed by atoms with E-state index in [1.807, 2.05) is 0 Å². The second-order valence-corrected chi connectivity index (χ2v) is 3.58. The Morgan fingerprint density at radius 3 is 2.47 bits per heavy atom. The molecule has 15 heavy (non-hydrogen) atoms. The fraction of sp³-hybridized carbons (Fsp3) is 0. The number of hydrogen-bond acceptors (Lipinski definition) is 4. The molecule has 0 unspecified atom stereocenters. The van der Waals surface area contributed by atoms with E-state index in [4.69, 9.17) is 28.9 Å². The SMILES string of the molecule is Nc1nc(Cl)cc(-c2ccc(Cl)nc2)n1. The maximum atomic E-state index is 5.75. The molecule has 0 atom stereocenters. The van der Waals surface area contributed by atoms with Crippen molar-refractivity contribution in [2.24, 2.45) is 0 Å². The molecule has 2 rings (SSSR count). The van der Waals surface area contributed by atoms with E-state index < -0.39 is 0 Å². The van der Waals surface area contributed by atoms with Gasteiger partial charge < -0.3 is 5.73 Å². The van der Waals surface area contributed by atoms with Crippen LogP contribution in [0.5, 0.6) is 0 Å². The van der Waals surface area contributed by atoms with Crippen LogP contribution in [0.3, 0.4) is 0 Å². The number of aromatic nitrogens is 3. The zero-order valence-corrected chi connectivity index (χ0v) is 9.00. The zero-order valence-electron chi connectivity index (χ0n) is 7.48. The molecule has 0 saturated carbocycles. The molecule has 0 aliphatic rings. The largest absolute Gasteiger partial charge is 0.368 e. The fourth-order valence-corrected chi connectivity index (χ4v) is 1.41. The van der Waals surface area contributed by atoms with Gasteiger partial charge in [-0.05, 0) is 12.1 Å². The van der Waals surface area contributed by atoms with Gasteiger partial charge in [0.15, 0.2) is 0 Å². The number of halogens is 2. The Morgan fingerprint density at radius 2 is 1.87 bits per heavy atom. The van der Waals surface area contributed by atoms with E-state index >= 15 is 0 Å². The molecule has 0 amide bonds. The number of pyridine rings is 1. The quantitative estimate of drug-likeness (QED) is 0.615. The van der Waals surface area contributed by atoms with Gasteiger partial charge in [-0.15, -0.1) is 0 Å². The van der Waals surface area contributed by atoms with Crippen LogP contribution < -0.4 is 5.73 Å². The molecular weight excluding hydrogens is 235 g/mol. The minimum absolute atomic E-state index is 0.132. The van der Waals surface area contributed by atoms with Crippen molar-refractivity contribution in [1.82, 2.24) is 15.0 Å². The van der Waals surface area contributed by atoms with Crippen LogP contribution in [-0.4, -0.2) is 15.0 Å². The first-order chi connectivity index (χ1) is 7.15. The lowest BCUT2D eigenvalue weighted by Gasteiger charge is -2.01. The van der Waals surface area contributed by atoms with E-state index in [-0.39, 0.29) is 5.95 Å². The summed E-state index contributed by atoms with van der Waals surface area (Å²) in [6.07, 6.45) is 1.60. The van der Waals surface area contributed by atoms with Gasteiger partial charge in [-0.1, -0.05) is 23.2 Å². The third-order valence-corrected chi connectivity index (χ3v) is 2.15. The molecule has 0 spiro atoms. The maximum absolute atomic E-state index is 5.75. The average molecular weight is 241 g/mol. The van der Waals surface area contributed by atoms with Crippen LogP contribution in [0, 0.1) is 0 Å². The van der Waals surface area contributed by atoms with Gasteiger partial charge in [-0.2, -0.15) is 0 Å². The number of rotatable bonds is 1. The smallest absolute Gasteiger partial charge is 0.221 e. The lowest BCUT2D eigenvalue weighted by atomic mass is 10.2. The summed E-state index contributed by atoms with van der Waals surface area (Å²) in [5.74, 6) is 0.132. The molecule has 0 radical (unpaired) electrons. The standard InChI is InChI=1S/C9H6Cl2N4/c10-7-2-1-5(4-13-7)6-3-8(11)15-9(12)14-6/h1-4H,(H2,12,14,15). The molecule has 4 nitrogen and oxygen atoms in total. The topological polar surface area (TPSA) is 64.7 Å². The van der Waals surface area contributed by atoms with Crippen LogP contribution in [0.15, 0.2) is 24.4 Å².